The first-order valence-electron chi connectivity index (χ1n) is 13.5. The Morgan fingerprint density at radius 2 is 1.72 bits per heavy atom. The van der Waals surface area contributed by atoms with Crippen molar-refractivity contribution in [3.8, 4) is 11.6 Å². The van der Waals surface area contributed by atoms with E-state index in [0.717, 1.165) is 12.1 Å². The Kier molecular flexibility index (Phi) is 8.00. The molecule has 0 saturated carbocycles. The molecule has 0 spiro atoms. The highest BCUT2D eigenvalue weighted by Gasteiger charge is 2.32. The molecule has 3 heterocycles. The summed E-state index contributed by atoms with van der Waals surface area (Å²) in [6.45, 7) is 0.833. The Labute approximate surface area is 249 Å². The summed E-state index contributed by atoms with van der Waals surface area (Å²) in [4.78, 5) is 31.6. The molecule has 12 heteroatoms. The summed E-state index contributed by atoms with van der Waals surface area (Å²) < 4.78 is 56.9. The predicted molar refractivity (Wildman–Crippen MR) is 151 cm³/mol. The predicted octanol–water partition coefficient (Wildman–Crippen LogP) is 5.82. The Hall–Kier alpha value is -4.48. The molecule has 43 heavy (non-hydrogen) atoms. The number of rotatable bonds is 6. The number of ether oxygens (including phenoxy) is 2. The van der Waals surface area contributed by atoms with Gasteiger partial charge in [-0.3, -0.25) is 14.6 Å². The van der Waals surface area contributed by atoms with Crippen molar-refractivity contribution in [1.29, 1.82) is 0 Å². The third-order valence-electron chi connectivity index (χ3n) is 7.30. The minimum Gasteiger partial charge on any atom is -0.432 e. The van der Waals surface area contributed by atoms with Gasteiger partial charge < -0.3 is 14.8 Å². The summed E-state index contributed by atoms with van der Waals surface area (Å²) in [6, 6.07) is 14.8. The maximum absolute atomic E-state index is 14.9. The first-order chi connectivity index (χ1) is 20.8. The number of carbonyl (C=O) groups is 2. The number of benzene rings is 3. The van der Waals surface area contributed by atoms with Crippen LogP contribution in [0.4, 0.5) is 13.2 Å². The fourth-order valence-corrected chi connectivity index (χ4v) is 5.36. The largest absolute Gasteiger partial charge is 0.432 e. The summed E-state index contributed by atoms with van der Waals surface area (Å²) >= 11 is 5.77. The molecule has 2 aliphatic rings. The van der Waals surface area contributed by atoms with Gasteiger partial charge in [-0.25, -0.2) is 17.9 Å². The monoisotopic (exact) mass is 608 g/mol. The number of aromatic nitrogens is 2. The highest BCUT2D eigenvalue weighted by molar-refractivity contribution is 6.30. The third-order valence-corrected chi connectivity index (χ3v) is 7.51. The van der Waals surface area contributed by atoms with Gasteiger partial charge in [-0.1, -0.05) is 54.1 Å². The van der Waals surface area contributed by atoms with E-state index in [1.165, 1.54) is 23.0 Å². The van der Waals surface area contributed by atoms with Crippen molar-refractivity contribution in [3.63, 3.8) is 0 Å². The van der Waals surface area contributed by atoms with Crippen molar-refractivity contribution in [2.75, 3.05) is 13.2 Å². The van der Waals surface area contributed by atoms with Crippen LogP contribution in [-0.4, -0.2) is 46.6 Å². The molecule has 2 aliphatic heterocycles. The number of aliphatic imine (C=N–C) groups is 1. The van der Waals surface area contributed by atoms with Crippen molar-refractivity contribution in [1.82, 2.24) is 15.1 Å². The van der Waals surface area contributed by atoms with E-state index in [4.69, 9.17) is 21.1 Å². The van der Waals surface area contributed by atoms with Gasteiger partial charge in [0.05, 0.1) is 18.0 Å². The van der Waals surface area contributed by atoms with Crippen molar-refractivity contribution in [2.24, 2.45) is 4.99 Å². The van der Waals surface area contributed by atoms with Gasteiger partial charge in [0.15, 0.2) is 23.6 Å². The van der Waals surface area contributed by atoms with Crippen LogP contribution >= 0.6 is 11.6 Å². The van der Waals surface area contributed by atoms with E-state index < -0.39 is 41.1 Å². The Morgan fingerprint density at radius 3 is 2.44 bits per heavy atom. The first kappa shape index (κ1) is 28.6. The summed E-state index contributed by atoms with van der Waals surface area (Å²) in [6.07, 6.45) is 0.501. The van der Waals surface area contributed by atoms with Gasteiger partial charge in [0.25, 0.3) is 5.91 Å². The van der Waals surface area contributed by atoms with Crippen molar-refractivity contribution < 1.29 is 32.2 Å². The molecular formula is C31H24ClF3N4O4. The topological polar surface area (TPSA) is 94.8 Å². The average molecular weight is 609 g/mol. The number of carbonyl (C=O) groups excluding carboxylic acids is 2. The second-order valence-corrected chi connectivity index (χ2v) is 10.5. The molecule has 3 aromatic carbocycles. The summed E-state index contributed by atoms with van der Waals surface area (Å²) in [5.74, 6) is -5.11. The molecule has 0 unspecified atom stereocenters. The molecule has 8 nitrogen and oxygen atoms in total. The molecule has 1 aromatic heterocycles. The van der Waals surface area contributed by atoms with E-state index >= 15 is 0 Å². The number of hydrogen-bond acceptors (Lipinski definition) is 6. The SMILES string of the molecule is O=C(N[C@H]1N=C(c2ccccc2)c2cccc(F)c2CC1=O)c1cnn(C2CCOCC2)c1Oc1c(F)cc(Cl)cc1F. The number of nitrogens with zero attached hydrogens (tertiary/aromatic N) is 3. The number of ketones is 1. The van der Waals surface area contributed by atoms with E-state index in [0.29, 0.717) is 42.9 Å². The third kappa shape index (κ3) is 5.78. The number of Topliss-reactive ketones (excluding diaryl/α,β-unsaturated/α-hetero) is 1. The number of nitrogens with one attached hydrogen (secondary N) is 1. The second-order valence-electron chi connectivity index (χ2n) is 10.1. The molecule has 220 valence electrons. The van der Waals surface area contributed by atoms with Crippen molar-refractivity contribution in [2.45, 2.75) is 31.5 Å². The molecule has 1 atom stereocenters. The maximum atomic E-state index is 14.9. The van der Waals surface area contributed by atoms with Crippen LogP contribution in [0.3, 0.4) is 0 Å². The zero-order chi connectivity index (χ0) is 30.1. The summed E-state index contributed by atoms with van der Waals surface area (Å²) in [5.41, 5.74) is 1.36. The van der Waals surface area contributed by atoms with E-state index in [1.54, 1.807) is 30.3 Å². The van der Waals surface area contributed by atoms with Crippen LogP contribution < -0.4 is 10.1 Å². The Balaban J connectivity index is 1.38. The van der Waals surface area contributed by atoms with Crippen LogP contribution in [0.25, 0.3) is 0 Å². The van der Waals surface area contributed by atoms with Crippen LogP contribution in [-0.2, 0) is 16.0 Å². The van der Waals surface area contributed by atoms with Crippen LogP contribution in [0.5, 0.6) is 11.6 Å². The Morgan fingerprint density at radius 1 is 1.00 bits per heavy atom. The highest BCUT2D eigenvalue weighted by Crippen LogP contribution is 2.35. The van der Waals surface area contributed by atoms with Gasteiger partial charge >= 0.3 is 0 Å². The zero-order valence-corrected chi connectivity index (χ0v) is 23.3. The molecule has 0 bridgehead atoms. The quantitative estimate of drug-likeness (QED) is 0.298. The van der Waals surface area contributed by atoms with Gasteiger partial charge in [-0.2, -0.15) is 5.10 Å². The van der Waals surface area contributed by atoms with Crippen LogP contribution in [0, 0.1) is 17.5 Å². The first-order valence-corrected chi connectivity index (χ1v) is 13.9. The molecular weight excluding hydrogens is 585 g/mol. The van der Waals surface area contributed by atoms with Gasteiger partial charge in [0.1, 0.15) is 11.4 Å². The average Bonchev–Trinajstić information content (AvgIpc) is 3.36. The van der Waals surface area contributed by atoms with E-state index in [-0.39, 0.29) is 34.5 Å². The molecule has 4 aromatic rings. The van der Waals surface area contributed by atoms with Gasteiger partial charge in [0.2, 0.25) is 11.6 Å². The number of fused-ring (bicyclic) bond motifs is 1. The highest BCUT2D eigenvalue weighted by atomic mass is 35.5. The molecule has 0 aliphatic carbocycles. The summed E-state index contributed by atoms with van der Waals surface area (Å²) in [7, 11) is 0. The van der Waals surface area contributed by atoms with Crippen molar-refractivity contribution in [3.05, 3.63) is 112 Å². The van der Waals surface area contributed by atoms with Gasteiger partial charge in [-0.15, -0.1) is 0 Å². The van der Waals surface area contributed by atoms with E-state index in [2.05, 4.69) is 15.4 Å². The smallest absolute Gasteiger partial charge is 0.260 e. The number of hydrogen-bond donors (Lipinski definition) is 1. The second kappa shape index (κ2) is 12.0. The van der Waals surface area contributed by atoms with Crippen LogP contribution in [0.2, 0.25) is 5.02 Å². The molecule has 1 amide bonds. The fraction of sp³-hybridized carbons (Fsp3) is 0.226. The normalized spacial score (nSPS) is 17.2. The molecule has 1 N–H and O–H groups in total. The zero-order valence-electron chi connectivity index (χ0n) is 22.5. The maximum Gasteiger partial charge on any atom is 0.260 e. The molecule has 1 saturated heterocycles. The van der Waals surface area contributed by atoms with E-state index in [1.807, 2.05) is 6.07 Å². The molecule has 1 fully saturated rings. The van der Waals surface area contributed by atoms with Gasteiger partial charge in [0, 0.05) is 41.3 Å². The molecule has 6 rings (SSSR count). The lowest BCUT2D eigenvalue weighted by Gasteiger charge is -2.24. The number of halogens is 4. The van der Waals surface area contributed by atoms with Crippen molar-refractivity contribution >= 4 is 29.0 Å². The van der Waals surface area contributed by atoms with Crippen LogP contribution in [0.15, 0.2) is 71.9 Å². The summed E-state index contributed by atoms with van der Waals surface area (Å²) in [5, 5.41) is 6.73. The fourth-order valence-electron chi connectivity index (χ4n) is 5.16. The van der Waals surface area contributed by atoms with E-state index in [9.17, 15) is 22.8 Å². The molecule has 0 radical (unpaired) electrons. The Bertz CT molecular complexity index is 1720. The lowest BCUT2D eigenvalue weighted by atomic mass is 9.95. The number of amides is 1. The minimum atomic E-state index is -1.40. The lowest BCUT2D eigenvalue weighted by Crippen LogP contribution is -2.40. The minimum absolute atomic E-state index is 0.164. The van der Waals surface area contributed by atoms with Gasteiger partial charge in [-0.05, 0) is 31.0 Å². The standard InChI is InChI=1S/C31H24ClF3N4O4/c32-18-13-24(34)28(25(35)14-18)43-31-22(16-36-39(31)19-9-11-42-12-10-19)30(41)38-29-26(40)15-21-20(7-4-8-23(21)33)27(37-29)17-5-2-1-3-6-17/h1-8,13-14,16,19,29H,9-12,15H2,(H,38,41)/t29-/m1/s1. The lowest BCUT2D eigenvalue weighted by molar-refractivity contribution is -0.120. The van der Waals surface area contributed by atoms with Crippen LogP contribution in [0.1, 0.15) is 45.9 Å².